The molecule has 0 fully saturated rings. The summed E-state index contributed by atoms with van der Waals surface area (Å²) in [7, 11) is 1.57. The number of hydrogen-bond donors (Lipinski definition) is 2. The van der Waals surface area contributed by atoms with E-state index in [0.29, 0.717) is 30.7 Å². The van der Waals surface area contributed by atoms with Crippen LogP contribution >= 0.6 is 0 Å². The Balaban J connectivity index is 1.38. The maximum absolute atomic E-state index is 12.4. The average molecular weight is 404 g/mol. The molecule has 0 unspecified atom stereocenters. The number of fused-ring (bicyclic) bond motifs is 2. The fourth-order valence-corrected chi connectivity index (χ4v) is 3.79. The number of carbonyl (C=O) groups is 1. The molecule has 0 saturated heterocycles. The van der Waals surface area contributed by atoms with E-state index in [1.807, 2.05) is 37.4 Å². The second-order valence-electron chi connectivity index (χ2n) is 7.37. The molecular formula is C24H24N2O4. The highest BCUT2D eigenvalue weighted by Crippen LogP contribution is 2.28. The van der Waals surface area contributed by atoms with Crippen molar-refractivity contribution in [1.29, 1.82) is 0 Å². The van der Waals surface area contributed by atoms with Crippen LogP contribution in [0.2, 0.25) is 0 Å². The number of nitrogens with one attached hydrogen (secondary N) is 2. The SMILES string of the molecule is COc1cc2oc(=O)cc(C)c2cc1CCC(=O)NCCc1c[nH]c2ccccc12. The third-order valence-electron chi connectivity index (χ3n) is 5.37. The van der Waals surface area contributed by atoms with Crippen LogP contribution in [0.3, 0.4) is 0 Å². The number of hydrogen-bond acceptors (Lipinski definition) is 4. The zero-order chi connectivity index (χ0) is 21.1. The van der Waals surface area contributed by atoms with Crippen molar-refractivity contribution < 1.29 is 13.9 Å². The molecule has 0 aliphatic rings. The zero-order valence-corrected chi connectivity index (χ0v) is 17.1. The molecule has 2 N–H and O–H groups in total. The van der Waals surface area contributed by atoms with Crippen molar-refractivity contribution in [2.45, 2.75) is 26.2 Å². The van der Waals surface area contributed by atoms with Crippen molar-refractivity contribution in [2.24, 2.45) is 0 Å². The van der Waals surface area contributed by atoms with Crippen molar-refractivity contribution in [3.63, 3.8) is 0 Å². The quantitative estimate of drug-likeness (QED) is 0.458. The normalized spacial score (nSPS) is 11.1. The number of rotatable bonds is 7. The molecule has 6 nitrogen and oxygen atoms in total. The van der Waals surface area contributed by atoms with Gasteiger partial charge in [0.2, 0.25) is 5.91 Å². The standard InChI is InChI=1S/C24H24N2O4/c1-15-11-24(28)30-22-13-21(29-2)16(12-19(15)22)7-8-23(27)25-10-9-17-14-26-20-6-4-3-5-18(17)20/h3-6,11-14,26H,7-10H2,1-2H3,(H,25,27). The molecular weight excluding hydrogens is 380 g/mol. The van der Waals surface area contributed by atoms with Gasteiger partial charge in [-0.15, -0.1) is 0 Å². The number of para-hydroxylation sites is 1. The van der Waals surface area contributed by atoms with Crippen molar-refractivity contribution in [1.82, 2.24) is 10.3 Å². The number of H-pyrrole nitrogens is 1. The first-order chi connectivity index (χ1) is 14.5. The van der Waals surface area contributed by atoms with E-state index in [-0.39, 0.29) is 11.5 Å². The lowest BCUT2D eigenvalue weighted by Crippen LogP contribution is -2.25. The van der Waals surface area contributed by atoms with Gasteiger partial charge in [-0.3, -0.25) is 4.79 Å². The number of methoxy groups -OCH3 is 1. The van der Waals surface area contributed by atoms with E-state index in [9.17, 15) is 9.59 Å². The van der Waals surface area contributed by atoms with Gasteiger partial charge >= 0.3 is 5.63 Å². The molecule has 0 atom stereocenters. The first-order valence-corrected chi connectivity index (χ1v) is 9.98. The van der Waals surface area contributed by atoms with Crippen LogP contribution in [-0.4, -0.2) is 24.5 Å². The molecule has 0 spiro atoms. The van der Waals surface area contributed by atoms with E-state index in [1.165, 1.54) is 17.0 Å². The Hall–Kier alpha value is -3.54. The van der Waals surface area contributed by atoms with Crippen molar-refractivity contribution in [2.75, 3.05) is 13.7 Å². The third-order valence-corrected chi connectivity index (χ3v) is 5.37. The van der Waals surface area contributed by atoms with Gasteiger partial charge in [-0.1, -0.05) is 18.2 Å². The Morgan fingerprint density at radius 2 is 1.93 bits per heavy atom. The van der Waals surface area contributed by atoms with Gasteiger partial charge in [0.25, 0.3) is 0 Å². The van der Waals surface area contributed by atoms with Crippen LogP contribution in [0.15, 0.2) is 57.9 Å². The van der Waals surface area contributed by atoms with Gasteiger partial charge in [-0.2, -0.15) is 0 Å². The van der Waals surface area contributed by atoms with Gasteiger partial charge < -0.3 is 19.5 Å². The summed E-state index contributed by atoms with van der Waals surface area (Å²) in [5, 5.41) is 5.04. The lowest BCUT2D eigenvalue weighted by atomic mass is 10.0. The van der Waals surface area contributed by atoms with E-state index >= 15 is 0 Å². The number of ether oxygens (including phenoxy) is 1. The first-order valence-electron chi connectivity index (χ1n) is 9.98. The van der Waals surface area contributed by atoms with Crippen LogP contribution in [0, 0.1) is 6.92 Å². The first kappa shape index (κ1) is 19.8. The zero-order valence-electron chi connectivity index (χ0n) is 17.1. The lowest BCUT2D eigenvalue weighted by Gasteiger charge is -2.11. The third kappa shape index (κ3) is 4.08. The second-order valence-corrected chi connectivity index (χ2v) is 7.37. The smallest absolute Gasteiger partial charge is 0.336 e. The van der Waals surface area contributed by atoms with Crippen LogP contribution < -0.4 is 15.7 Å². The number of amides is 1. The average Bonchev–Trinajstić information content (AvgIpc) is 3.15. The predicted molar refractivity (Wildman–Crippen MR) is 117 cm³/mol. The summed E-state index contributed by atoms with van der Waals surface area (Å²) in [6.45, 7) is 2.45. The highest BCUT2D eigenvalue weighted by atomic mass is 16.5. The van der Waals surface area contributed by atoms with Crippen molar-refractivity contribution >= 4 is 27.8 Å². The van der Waals surface area contributed by atoms with E-state index in [4.69, 9.17) is 9.15 Å². The summed E-state index contributed by atoms with van der Waals surface area (Å²) in [6, 6.07) is 13.3. The van der Waals surface area contributed by atoms with Crippen LogP contribution in [-0.2, 0) is 17.6 Å². The van der Waals surface area contributed by atoms with Gasteiger partial charge in [0, 0.05) is 47.6 Å². The van der Waals surface area contributed by atoms with E-state index in [1.54, 1.807) is 13.2 Å². The molecule has 0 saturated carbocycles. The summed E-state index contributed by atoms with van der Waals surface area (Å²) in [4.78, 5) is 27.2. The Kier molecular flexibility index (Phi) is 5.57. The molecule has 0 aliphatic heterocycles. The molecule has 6 heteroatoms. The molecule has 4 aromatic rings. The molecule has 0 radical (unpaired) electrons. The highest BCUT2D eigenvalue weighted by Gasteiger charge is 2.12. The number of carbonyl (C=O) groups excluding carboxylic acids is 1. The second kappa shape index (κ2) is 8.45. The number of aromatic nitrogens is 1. The van der Waals surface area contributed by atoms with Crippen LogP contribution in [0.1, 0.15) is 23.1 Å². The molecule has 2 heterocycles. The molecule has 0 bridgehead atoms. The molecule has 0 aliphatic carbocycles. The highest BCUT2D eigenvalue weighted by molar-refractivity contribution is 5.84. The molecule has 1 amide bonds. The lowest BCUT2D eigenvalue weighted by molar-refractivity contribution is -0.121. The Bertz CT molecular complexity index is 1270. The van der Waals surface area contributed by atoms with Crippen LogP contribution in [0.4, 0.5) is 0 Å². The summed E-state index contributed by atoms with van der Waals surface area (Å²) in [6.07, 6.45) is 3.66. The van der Waals surface area contributed by atoms with Crippen molar-refractivity contribution in [3.8, 4) is 5.75 Å². The predicted octanol–water partition coefficient (Wildman–Crippen LogP) is 3.88. The fraction of sp³-hybridized carbons (Fsp3) is 0.250. The van der Waals surface area contributed by atoms with Gasteiger partial charge in [0.15, 0.2) is 0 Å². The van der Waals surface area contributed by atoms with Gasteiger partial charge in [-0.25, -0.2) is 4.79 Å². The Labute approximate surface area is 173 Å². The van der Waals surface area contributed by atoms with E-state index < -0.39 is 0 Å². The minimum atomic E-state index is -0.385. The van der Waals surface area contributed by atoms with E-state index in [2.05, 4.69) is 16.4 Å². The number of aryl methyl sites for hydroxylation is 2. The summed E-state index contributed by atoms with van der Waals surface area (Å²) in [5.41, 5.74) is 4.16. The number of aromatic amines is 1. The van der Waals surface area contributed by atoms with Gasteiger partial charge in [0.05, 0.1) is 7.11 Å². The largest absolute Gasteiger partial charge is 0.496 e. The minimum absolute atomic E-state index is 0.00620. The van der Waals surface area contributed by atoms with E-state index in [0.717, 1.165) is 28.5 Å². The fourth-order valence-electron chi connectivity index (χ4n) is 3.79. The molecule has 30 heavy (non-hydrogen) atoms. The minimum Gasteiger partial charge on any atom is -0.496 e. The Morgan fingerprint density at radius 1 is 1.10 bits per heavy atom. The summed E-state index contributed by atoms with van der Waals surface area (Å²) < 4.78 is 10.7. The molecule has 154 valence electrons. The maximum Gasteiger partial charge on any atom is 0.336 e. The topological polar surface area (TPSA) is 84.3 Å². The molecule has 4 rings (SSSR count). The summed E-state index contributed by atoms with van der Waals surface area (Å²) >= 11 is 0. The van der Waals surface area contributed by atoms with Crippen LogP contribution in [0.5, 0.6) is 5.75 Å². The number of benzene rings is 2. The van der Waals surface area contributed by atoms with Gasteiger partial charge in [0.1, 0.15) is 11.3 Å². The molecule has 2 aromatic heterocycles. The molecule has 2 aromatic carbocycles. The Morgan fingerprint density at radius 3 is 2.77 bits per heavy atom. The maximum atomic E-state index is 12.4. The van der Waals surface area contributed by atoms with Gasteiger partial charge in [-0.05, 0) is 48.6 Å². The summed E-state index contributed by atoms with van der Waals surface area (Å²) in [5.74, 6) is 0.608. The van der Waals surface area contributed by atoms with Crippen LogP contribution in [0.25, 0.3) is 21.9 Å². The van der Waals surface area contributed by atoms with Crippen molar-refractivity contribution in [3.05, 3.63) is 75.8 Å². The monoisotopic (exact) mass is 404 g/mol.